The normalized spacial score (nSPS) is 15.1. The molecule has 0 aromatic rings. The molecule has 0 amide bonds. The molecule has 0 heterocycles. The largest absolute Gasteiger partial charge is 0.293 e. The van der Waals surface area contributed by atoms with Crippen molar-refractivity contribution in [1.82, 2.24) is 0 Å². The molecule has 0 aromatic carbocycles. The maximum absolute atomic E-state index is 11.2. The Balaban J connectivity index is 4.28. The average molecular weight is 223 g/mol. The molecule has 0 aliphatic rings. The van der Waals surface area contributed by atoms with Gasteiger partial charge in [-0.3, -0.25) is 9.79 Å². The van der Waals surface area contributed by atoms with Gasteiger partial charge in [-0.25, -0.2) is 0 Å². The fraction of sp³-hybridized carbons (Fsp3) is 0.714. The van der Waals surface area contributed by atoms with Crippen molar-refractivity contribution in [3.8, 4) is 0 Å². The third kappa shape index (κ3) is 6.54. The van der Waals surface area contributed by atoms with E-state index in [1.165, 1.54) is 24.8 Å². The topological polar surface area (TPSA) is 29.4 Å². The Hall–Kier alpha value is -0.920. The van der Waals surface area contributed by atoms with Gasteiger partial charge in [-0.05, 0) is 25.3 Å². The molecule has 0 aliphatic heterocycles. The molecule has 0 rings (SSSR count). The summed E-state index contributed by atoms with van der Waals surface area (Å²) in [7, 11) is 1.67. The molecule has 2 nitrogen and oxygen atoms in total. The first-order valence-electron chi connectivity index (χ1n) is 6.16. The van der Waals surface area contributed by atoms with Crippen molar-refractivity contribution in [2.24, 2.45) is 10.9 Å². The van der Waals surface area contributed by atoms with Gasteiger partial charge in [-0.1, -0.05) is 38.7 Å². The first-order chi connectivity index (χ1) is 7.51. The minimum atomic E-state index is 0.0445. The van der Waals surface area contributed by atoms with Crippen LogP contribution in [0.3, 0.4) is 0 Å². The number of hydrogen-bond donors (Lipinski definition) is 0. The van der Waals surface area contributed by atoms with Gasteiger partial charge < -0.3 is 0 Å². The third-order valence-corrected chi connectivity index (χ3v) is 2.71. The van der Waals surface area contributed by atoms with E-state index in [0.717, 1.165) is 6.42 Å². The quantitative estimate of drug-likeness (QED) is 0.603. The van der Waals surface area contributed by atoms with Gasteiger partial charge in [-0.15, -0.1) is 0 Å². The Bertz CT molecular complexity index is 276. The summed E-state index contributed by atoms with van der Waals surface area (Å²) in [6.07, 6.45) is 6.79. The van der Waals surface area contributed by atoms with Gasteiger partial charge >= 0.3 is 0 Å². The summed E-state index contributed by atoms with van der Waals surface area (Å²) in [5.74, 6) is 0.740. The average Bonchev–Trinajstić information content (AvgIpc) is 2.22. The van der Waals surface area contributed by atoms with Crippen LogP contribution in [0.2, 0.25) is 0 Å². The van der Waals surface area contributed by atoms with Crippen LogP contribution in [0.5, 0.6) is 0 Å². The molecule has 0 saturated carbocycles. The number of ketones is 1. The molecule has 0 aromatic heterocycles. The Morgan fingerprint density at radius 2 is 2.00 bits per heavy atom. The monoisotopic (exact) mass is 223 g/mol. The number of hydrogen-bond acceptors (Lipinski definition) is 2. The summed E-state index contributed by atoms with van der Waals surface area (Å²) in [4.78, 5) is 15.2. The van der Waals surface area contributed by atoms with Gasteiger partial charge in [0.25, 0.3) is 0 Å². The van der Waals surface area contributed by atoms with Crippen LogP contribution < -0.4 is 0 Å². The van der Waals surface area contributed by atoms with E-state index in [2.05, 4.69) is 25.8 Å². The summed E-state index contributed by atoms with van der Waals surface area (Å²) >= 11 is 0. The fourth-order valence-electron chi connectivity index (χ4n) is 1.82. The van der Waals surface area contributed by atoms with Crippen LogP contribution >= 0.6 is 0 Å². The summed E-state index contributed by atoms with van der Waals surface area (Å²) in [5, 5.41) is 0. The Morgan fingerprint density at radius 3 is 2.44 bits per heavy atom. The van der Waals surface area contributed by atoms with E-state index in [0.29, 0.717) is 11.6 Å². The van der Waals surface area contributed by atoms with Crippen LogP contribution in [0.15, 0.2) is 16.6 Å². The van der Waals surface area contributed by atoms with E-state index in [1.807, 2.05) is 6.08 Å². The lowest BCUT2D eigenvalue weighted by Gasteiger charge is -2.10. The molecule has 92 valence electrons. The minimum Gasteiger partial charge on any atom is -0.293 e. The molecule has 2 heteroatoms. The maximum atomic E-state index is 11.2. The third-order valence-electron chi connectivity index (χ3n) is 2.71. The molecule has 1 unspecified atom stereocenters. The molecular weight excluding hydrogens is 198 g/mol. The van der Waals surface area contributed by atoms with Gasteiger partial charge in [0.2, 0.25) is 0 Å². The molecule has 0 N–H and O–H groups in total. The molecule has 0 radical (unpaired) electrons. The highest BCUT2D eigenvalue weighted by Crippen LogP contribution is 2.17. The van der Waals surface area contributed by atoms with Crippen LogP contribution in [0, 0.1) is 5.92 Å². The predicted molar refractivity (Wildman–Crippen MR) is 71.1 cm³/mol. The summed E-state index contributed by atoms with van der Waals surface area (Å²) < 4.78 is 0. The van der Waals surface area contributed by atoms with Crippen molar-refractivity contribution < 1.29 is 4.79 Å². The summed E-state index contributed by atoms with van der Waals surface area (Å²) in [6.45, 7) is 8.12. The molecular formula is C14H25NO. The van der Waals surface area contributed by atoms with Gasteiger partial charge in [-0.2, -0.15) is 0 Å². The summed E-state index contributed by atoms with van der Waals surface area (Å²) in [6, 6.07) is 0. The highest BCUT2D eigenvalue weighted by atomic mass is 16.1. The lowest BCUT2D eigenvalue weighted by atomic mass is 9.96. The zero-order valence-electron chi connectivity index (χ0n) is 11.3. The summed E-state index contributed by atoms with van der Waals surface area (Å²) in [5.41, 5.74) is 1.83. The number of unbranched alkanes of at least 4 members (excludes halogenated alkanes) is 1. The highest BCUT2D eigenvalue weighted by Gasteiger charge is 2.05. The second-order valence-electron chi connectivity index (χ2n) is 4.61. The lowest BCUT2D eigenvalue weighted by molar-refractivity contribution is -0.111. The van der Waals surface area contributed by atoms with Crippen LogP contribution in [0.4, 0.5) is 0 Å². The lowest BCUT2D eigenvalue weighted by Crippen LogP contribution is -2.07. The van der Waals surface area contributed by atoms with Crippen molar-refractivity contribution in [1.29, 1.82) is 0 Å². The minimum absolute atomic E-state index is 0.0445. The molecule has 1 atom stereocenters. The first kappa shape index (κ1) is 15.1. The number of rotatable bonds is 7. The number of nitrogens with zero attached hydrogens (tertiary/aromatic N) is 1. The van der Waals surface area contributed by atoms with Crippen LogP contribution in [-0.2, 0) is 4.79 Å². The van der Waals surface area contributed by atoms with E-state index in [-0.39, 0.29) is 5.78 Å². The van der Waals surface area contributed by atoms with E-state index in [1.54, 1.807) is 14.0 Å². The van der Waals surface area contributed by atoms with Gasteiger partial charge in [0.15, 0.2) is 5.78 Å². The molecule has 0 saturated heterocycles. The second-order valence-corrected chi connectivity index (χ2v) is 4.61. The predicted octanol–water partition coefficient (Wildman–Crippen LogP) is 3.81. The molecule has 0 bridgehead atoms. The Labute approximate surface area is 99.9 Å². The highest BCUT2D eigenvalue weighted by molar-refractivity contribution is 6.43. The number of carbonyl (C=O) groups is 1. The van der Waals surface area contributed by atoms with E-state index >= 15 is 0 Å². The van der Waals surface area contributed by atoms with E-state index < -0.39 is 0 Å². The number of aliphatic imine (C=N–C) groups is 1. The molecule has 0 fully saturated rings. The van der Waals surface area contributed by atoms with Crippen molar-refractivity contribution in [2.45, 2.75) is 53.4 Å². The molecule has 16 heavy (non-hydrogen) atoms. The van der Waals surface area contributed by atoms with Crippen LogP contribution in [0.1, 0.15) is 53.4 Å². The first-order valence-corrected chi connectivity index (χ1v) is 6.16. The van der Waals surface area contributed by atoms with Gasteiger partial charge in [0.1, 0.15) is 0 Å². The number of carbonyl (C=O) groups excluding carboxylic acids is 1. The fourth-order valence-corrected chi connectivity index (χ4v) is 1.82. The van der Waals surface area contributed by atoms with Crippen LogP contribution in [-0.4, -0.2) is 18.5 Å². The Morgan fingerprint density at radius 1 is 1.38 bits per heavy atom. The van der Waals surface area contributed by atoms with Crippen molar-refractivity contribution in [3.05, 3.63) is 11.6 Å². The second kappa shape index (κ2) is 8.26. The van der Waals surface area contributed by atoms with Gasteiger partial charge in [0.05, 0.1) is 5.71 Å². The zero-order chi connectivity index (χ0) is 12.6. The number of Topliss-reactive ketones (excluding diaryl/α,β-unsaturated/α-hetero) is 1. The van der Waals surface area contributed by atoms with Gasteiger partial charge in [0, 0.05) is 14.0 Å². The van der Waals surface area contributed by atoms with Crippen molar-refractivity contribution in [3.63, 3.8) is 0 Å². The standard InChI is InChI=1S/C14H25NO/c1-6-7-8-11(2)9-12(3)10-14(15-5)13(4)16/h10-11H,6-9H2,1-5H3/b12-10+,15-14?. The molecule has 0 spiro atoms. The SMILES string of the molecule is CCCCC(C)C/C(C)=C/C(=NC)C(C)=O. The maximum Gasteiger partial charge on any atom is 0.177 e. The van der Waals surface area contributed by atoms with E-state index in [9.17, 15) is 4.79 Å². The smallest absolute Gasteiger partial charge is 0.177 e. The van der Waals surface area contributed by atoms with Crippen molar-refractivity contribution in [2.75, 3.05) is 7.05 Å². The van der Waals surface area contributed by atoms with Crippen LogP contribution in [0.25, 0.3) is 0 Å². The van der Waals surface area contributed by atoms with Crippen molar-refractivity contribution >= 4 is 11.5 Å². The zero-order valence-corrected chi connectivity index (χ0v) is 11.3. The van der Waals surface area contributed by atoms with E-state index in [4.69, 9.17) is 0 Å². The Kier molecular flexibility index (Phi) is 7.78. The molecule has 0 aliphatic carbocycles. The number of allylic oxidation sites excluding steroid dienone is 2.